The van der Waals surface area contributed by atoms with Crippen LogP contribution >= 0.6 is 11.8 Å². The standard InChI is InChI=1S/C12H12FNOS/c13-9-2-1-3-12(6-9)16-8-11-5-4-10(7-14)15-11/h1-6H,7-8,14H2. The molecule has 16 heavy (non-hydrogen) atoms. The third-order valence-electron chi connectivity index (χ3n) is 2.10. The van der Waals surface area contributed by atoms with Gasteiger partial charge in [-0.3, -0.25) is 0 Å². The smallest absolute Gasteiger partial charge is 0.124 e. The molecule has 0 aliphatic rings. The minimum absolute atomic E-state index is 0.216. The summed E-state index contributed by atoms with van der Waals surface area (Å²) in [5, 5.41) is 0. The van der Waals surface area contributed by atoms with Crippen molar-refractivity contribution in [2.24, 2.45) is 5.73 Å². The summed E-state index contributed by atoms with van der Waals surface area (Å²) in [6, 6.07) is 10.3. The molecule has 0 saturated heterocycles. The van der Waals surface area contributed by atoms with E-state index in [4.69, 9.17) is 10.2 Å². The summed E-state index contributed by atoms with van der Waals surface area (Å²) >= 11 is 1.54. The van der Waals surface area contributed by atoms with Crippen LogP contribution in [0.4, 0.5) is 4.39 Å². The summed E-state index contributed by atoms with van der Waals surface area (Å²) in [6.45, 7) is 0.407. The first-order valence-corrected chi connectivity index (χ1v) is 5.92. The molecular weight excluding hydrogens is 225 g/mol. The third kappa shape index (κ3) is 2.87. The summed E-state index contributed by atoms with van der Waals surface area (Å²) < 4.78 is 18.3. The molecule has 2 aromatic rings. The molecule has 84 valence electrons. The van der Waals surface area contributed by atoms with Crippen LogP contribution in [0.25, 0.3) is 0 Å². The first kappa shape index (κ1) is 11.2. The molecule has 1 heterocycles. The molecule has 4 heteroatoms. The highest BCUT2D eigenvalue weighted by atomic mass is 32.2. The highest BCUT2D eigenvalue weighted by Gasteiger charge is 2.02. The number of benzene rings is 1. The predicted molar refractivity (Wildman–Crippen MR) is 62.6 cm³/mol. The molecule has 0 spiro atoms. The summed E-state index contributed by atoms with van der Waals surface area (Å²) in [6.07, 6.45) is 0. The molecule has 2 rings (SSSR count). The second-order valence-electron chi connectivity index (χ2n) is 3.32. The molecular formula is C12H12FNOS. The minimum atomic E-state index is -0.216. The maximum atomic E-state index is 12.9. The molecule has 2 nitrogen and oxygen atoms in total. The van der Waals surface area contributed by atoms with Crippen molar-refractivity contribution in [1.82, 2.24) is 0 Å². The Bertz CT molecular complexity index is 470. The van der Waals surface area contributed by atoms with Crippen LogP contribution in [-0.2, 0) is 12.3 Å². The molecule has 0 radical (unpaired) electrons. The summed E-state index contributed by atoms with van der Waals surface area (Å²) in [5.41, 5.74) is 5.44. The van der Waals surface area contributed by atoms with E-state index in [1.54, 1.807) is 6.07 Å². The lowest BCUT2D eigenvalue weighted by Crippen LogP contribution is -1.92. The van der Waals surface area contributed by atoms with E-state index in [0.717, 1.165) is 16.4 Å². The zero-order chi connectivity index (χ0) is 11.4. The highest BCUT2D eigenvalue weighted by molar-refractivity contribution is 7.98. The van der Waals surface area contributed by atoms with Crippen molar-refractivity contribution in [3.8, 4) is 0 Å². The van der Waals surface area contributed by atoms with Crippen LogP contribution in [0.5, 0.6) is 0 Å². The summed E-state index contributed by atoms with van der Waals surface area (Å²) in [7, 11) is 0. The molecule has 0 fully saturated rings. The quantitative estimate of drug-likeness (QED) is 0.830. The fourth-order valence-electron chi connectivity index (χ4n) is 1.32. The van der Waals surface area contributed by atoms with Crippen LogP contribution in [0, 0.1) is 5.82 Å². The van der Waals surface area contributed by atoms with Gasteiger partial charge in [0, 0.05) is 4.90 Å². The lowest BCUT2D eigenvalue weighted by molar-refractivity contribution is 0.482. The van der Waals surface area contributed by atoms with Gasteiger partial charge in [-0.05, 0) is 30.3 Å². The Morgan fingerprint density at radius 1 is 1.19 bits per heavy atom. The monoisotopic (exact) mass is 237 g/mol. The Balaban J connectivity index is 1.96. The van der Waals surface area contributed by atoms with Gasteiger partial charge < -0.3 is 10.2 Å². The second kappa shape index (κ2) is 5.18. The van der Waals surface area contributed by atoms with Gasteiger partial charge >= 0.3 is 0 Å². The van der Waals surface area contributed by atoms with E-state index >= 15 is 0 Å². The van der Waals surface area contributed by atoms with Crippen LogP contribution in [0.3, 0.4) is 0 Å². The van der Waals surface area contributed by atoms with Crippen LogP contribution in [0.15, 0.2) is 45.7 Å². The van der Waals surface area contributed by atoms with Crippen molar-refractivity contribution in [3.05, 3.63) is 53.7 Å². The second-order valence-corrected chi connectivity index (χ2v) is 4.37. The number of hydrogen-bond acceptors (Lipinski definition) is 3. The number of hydrogen-bond donors (Lipinski definition) is 1. The van der Waals surface area contributed by atoms with Gasteiger partial charge in [-0.2, -0.15) is 0 Å². The largest absolute Gasteiger partial charge is 0.464 e. The van der Waals surface area contributed by atoms with E-state index in [9.17, 15) is 4.39 Å². The van der Waals surface area contributed by atoms with Crippen molar-refractivity contribution < 1.29 is 8.81 Å². The van der Waals surface area contributed by atoms with Crippen molar-refractivity contribution in [3.63, 3.8) is 0 Å². The fraction of sp³-hybridized carbons (Fsp3) is 0.167. The molecule has 1 aromatic heterocycles. The van der Waals surface area contributed by atoms with E-state index in [-0.39, 0.29) is 5.82 Å². The van der Waals surface area contributed by atoms with Crippen LogP contribution in [-0.4, -0.2) is 0 Å². The van der Waals surface area contributed by atoms with Crippen LogP contribution in [0.2, 0.25) is 0 Å². The Morgan fingerprint density at radius 3 is 2.69 bits per heavy atom. The lowest BCUT2D eigenvalue weighted by atomic mass is 10.4. The number of furan rings is 1. The average Bonchev–Trinajstić information content (AvgIpc) is 2.74. The Morgan fingerprint density at radius 2 is 2.00 bits per heavy atom. The molecule has 0 saturated carbocycles. The van der Waals surface area contributed by atoms with Crippen molar-refractivity contribution in [2.75, 3.05) is 0 Å². The van der Waals surface area contributed by atoms with Crippen molar-refractivity contribution >= 4 is 11.8 Å². The minimum Gasteiger partial charge on any atom is -0.464 e. The number of halogens is 1. The van der Waals surface area contributed by atoms with Gasteiger partial charge in [0.25, 0.3) is 0 Å². The first-order chi connectivity index (χ1) is 7.78. The lowest BCUT2D eigenvalue weighted by Gasteiger charge is -1.99. The molecule has 0 unspecified atom stereocenters. The topological polar surface area (TPSA) is 39.2 Å². The molecule has 0 atom stereocenters. The zero-order valence-corrected chi connectivity index (χ0v) is 9.47. The van der Waals surface area contributed by atoms with Gasteiger partial charge in [-0.15, -0.1) is 11.8 Å². The Hall–Kier alpha value is -1.26. The van der Waals surface area contributed by atoms with Crippen LogP contribution in [0.1, 0.15) is 11.5 Å². The van der Waals surface area contributed by atoms with E-state index in [1.807, 2.05) is 18.2 Å². The van der Waals surface area contributed by atoms with E-state index in [1.165, 1.54) is 23.9 Å². The molecule has 2 N–H and O–H groups in total. The van der Waals surface area contributed by atoms with E-state index in [2.05, 4.69) is 0 Å². The molecule has 0 amide bonds. The first-order valence-electron chi connectivity index (χ1n) is 4.94. The van der Waals surface area contributed by atoms with Gasteiger partial charge in [-0.1, -0.05) is 6.07 Å². The van der Waals surface area contributed by atoms with Gasteiger partial charge in [0.05, 0.1) is 12.3 Å². The number of rotatable bonds is 4. The normalized spacial score (nSPS) is 10.6. The SMILES string of the molecule is NCc1ccc(CSc2cccc(F)c2)o1. The Kier molecular flexibility index (Phi) is 3.64. The van der Waals surface area contributed by atoms with E-state index < -0.39 is 0 Å². The predicted octanol–water partition coefficient (Wildman–Crippen LogP) is 3.17. The zero-order valence-electron chi connectivity index (χ0n) is 8.65. The number of thioether (sulfide) groups is 1. The van der Waals surface area contributed by atoms with Crippen molar-refractivity contribution in [2.45, 2.75) is 17.2 Å². The highest BCUT2D eigenvalue weighted by Crippen LogP contribution is 2.24. The van der Waals surface area contributed by atoms with Gasteiger partial charge in [-0.25, -0.2) is 4.39 Å². The maximum Gasteiger partial charge on any atom is 0.124 e. The molecule has 0 aliphatic heterocycles. The third-order valence-corrected chi connectivity index (χ3v) is 3.11. The molecule has 0 bridgehead atoms. The summed E-state index contributed by atoms with van der Waals surface area (Å²) in [4.78, 5) is 0.894. The Labute approximate surface area is 97.6 Å². The molecule has 0 aliphatic carbocycles. The van der Waals surface area contributed by atoms with Crippen LogP contribution < -0.4 is 5.73 Å². The van der Waals surface area contributed by atoms with Gasteiger partial charge in [0.15, 0.2) is 0 Å². The van der Waals surface area contributed by atoms with E-state index in [0.29, 0.717) is 12.3 Å². The van der Waals surface area contributed by atoms with Gasteiger partial charge in [0.2, 0.25) is 0 Å². The number of nitrogens with two attached hydrogens (primary N) is 1. The maximum absolute atomic E-state index is 12.9. The van der Waals surface area contributed by atoms with Crippen molar-refractivity contribution in [1.29, 1.82) is 0 Å². The summed E-state index contributed by atoms with van der Waals surface area (Å²) in [5.74, 6) is 2.10. The average molecular weight is 237 g/mol. The molecule has 1 aromatic carbocycles. The fourth-order valence-corrected chi connectivity index (χ4v) is 2.16. The van der Waals surface area contributed by atoms with Gasteiger partial charge in [0.1, 0.15) is 17.3 Å².